The third-order valence-electron chi connectivity index (χ3n) is 4.07. The lowest BCUT2D eigenvalue weighted by Gasteiger charge is -2.29. The molecule has 0 aliphatic rings. The molecule has 0 aliphatic carbocycles. The van der Waals surface area contributed by atoms with Crippen LogP contribution in [0.2, 0.25) is 0 Å². The van der Waals surface area contributed by atoms with Crippen molar-refractivity contribution >= 4 is 12.1 Å². The van der Waals surface area contributed by atoms with Gasteiger partial charge in [-0.05, 0) is 32.6 Å². The molecule has 0 aromatic rings. The van der Waals surface area contributed by atoms with Gasteiger partial charge in [0.05, 0.1) is 0 Å². The summed E-state index contributed by atoms with van der Waals surface area (Å²) in [5, 5.41) is 15.3. The lowest BCUT2D eigenvalue weighted by atomic mass is 9.96. The smallest absolute Gasteiger partial charge is 0.407 e. The molecule has 0 saturated heterocycles. The largest absolute Gasteiger partial charge is 0.480 e. The standard InChI is InChI=1S/C17H34N2O4/c1-8-11(3)13(19-16(22)23-17(5,6)7)10-18-14(15(20)21)12(4)9-2/h11-14,18H,8-10H2,1-7H3,(H,19,22)(H,20,21)/t11?,12-,13?,14-/m0/s1. The first-order chi connectivity index (χ1) is 10.5. The third kappa shape index (κ3) is 8.79. The van der Waals surface area contributed by atoms with Gasteiger partial charge in [0, 0.05) is 12.6 Å². The maximum Gasteiger partial charge on any atom is 0.407 e. The van der Waals surface area contributed by atoms with Crippen molar-refractivity contribution in [3.63, 3.8) is 0 Å². The van der Waals surface area contributed by atoms with Crippen molar-refractivity contribution in [3.8, 4) is 0 Å². The molecule has 0 fully saturated rings. The molecule has 0 aromatic heterocycles. The van der Waals surface area contributed by atoms with Crippen molar-refractivity contribution in [1.82, 2.24) is 10.6 Å². The molecule has 0 saturated carbocycles. The van der Waals surface area contributed by atoms with Crippen LogP contribution in [0, 0.1) is 11.8 Å². The van der Waals surface area contributed by atoms with E-state index in [-0.39, 0.29) is 17.9 Å². The number of carboxylic acid groups (broad SMARTS) is 1. The second-order valence-electron chi connectivity index (χ2n) is 7.25. The van der Waals surface area contributed by atoms with Crippen LogP contribution in [0.5, 0.6) is 0 Å². The number of hydrogen-bond donors (Lipinski definition) is 3. The Morgan fingerprint density at radius 3 is 2.00 bits per heavy atom. The van der Waals surface area contributed by atoms with Gasteiger partial charge in [-0.25, -0.2) is 4.79 Å². The normalized spacial score (nSPS) is 17.0. The predicted molar refractivity (Wildman–Crippen MR) is 91.5 cm³/mol. The minimum absolute atomic E-state index is 0.0200. The Morgan fingerprint density at radius 1 is 1.09 bits per heavy atom. The molecule has 1 amide bonds. The van der Waals surface area contributed by atoms with Gasteiger partial charge in [-0.15, -0.1) is 0 Å². The average molecular weight is 330 g/mol. The second kappa shape index (κ2) is 9.75. The summed E-state index contributed by atoms with van der Waals surface area (Å²) in [5.41, 5.74) is -0.558. The summed E-state index contributed by atoms with van der Waals surface area (Å²) in [6.07, 6.45) is 1.18. The SMILES string of the molecule is CCC(C)C(CN[C@H](C(=O)O)[C@@H](C)CC)NC(=O)OC(C)(C)C. The molecule has 0 rings (SSSR count). The zero-order chi connectivity index (χ0) is 18.2. The highest BCUT2D eigenvalue weighted by Crippen LogP contribution is 2.12. The minimum atomic E-state index is -0.862. The van der Waals surface area contributed by atoms with Gasteiger partial charge in [0.1, 0.15) is 11.6 Å². The third-order valence-corrected chi connectivity index (χ3v) is 4.07. The number of carboxylic acids is 1. The molecule has 4 atom stereocenters. The van der Waals surface area contributed by atoms with Crippen molar-refractivity contribution < 1.29 is 19.4 Å². The van der Waals surface area contributed by atoms with Gasteiger partial charge in [0.2, 0.25) is 0 Å². The Kier molecular flexibility index (Phi) is 9.20. The van der Waals surface area contributed by atoms with Crippen LogP contribution in [-0.2, 0) is 9.53 Å². The number of rotatable bonds is 9. The van der Waals surface area contributed by atoms with E-state index >= 15 is 0 Å². The minimum Gasteiger partial charge on any atom is -0.480 e. The van der Waals surface area contributed by atoms with E-state index < -0.39 is 23.7 Å². The Morgan fingerprint density at radius 2 is 1.61 bits per heavy atom. The quantitative estimate of drug-likeness (QED) is 0.605. The summed E-state index contributed by atoms with van der Waals surface area (Å²) in [6, 6.07) is -0.798. The molecule has 0 aliphatic heterocycles. The summed E-state index contributed by atoms with van der Waals surface area (Å²) in [6.45, 7) is 13.8. The lowest BCUT2D eigenvalue weighted by Crippen LogP contribution is -2.52. The van der Waals surface area contributed by atoms with E-state index in [1.165, 1.54) is 0 Å². The molecule has 136 valence electrons. The van der Waals surface area contributed by atoms with Crippen LogP contribution in [-0.4, -0.2) is 41.4 Å². The number of ether oxygens (including phenoxy) is 1. The monoisotopic (exact) mass is 330 g/mol. The van der Waals surface area contributed by atoms with Crippen LogP contribution >= 0.6 is 0 Å². The molecule has 23 heavy (non-hydrogen) atoms. The van der Waals surface area contributed by atoms with Crippen LogP contribution in [0.4, 0.5) is 4.79 Å². The van der Waals surface area contributed by atoms with E-state index in [4.69, 9.17) is 4.74 Å². The van der Waals surface area contributed by atoms with E-state index in [0.717, 1.165) is 12.8 Å². The second-order valence-corrected chi connectivity index (χ2v) is 7.25. The van der Waals surface area contributed by atoms with E-state index in [9.17, 15) is 14.7 Å². The number of aliphatic carboxylic acids is 1. The highest BCUT2D eigenvalue weighted by molar-refractivity contribution is 5.73. The van der Waals surface area contributed by atoms with Crippen molar-refractivity contribution in [3.05, 3.63) is 0 Å². The van der Waals surface area contributed by atoms with Gasteiger partial charge in [-0.1, -0.05) is 40.5 Å². The van der Waals surface area contributed by atoms with Crippen LogP contribution in [0.1, 0.15) is 61.3 Å². The first-order valence-electron chi connectivity index (χ1n) is 8.47. The van der Waals surface area contributed by atoms with Crippen molar-refractivity contribution in [2.24, 2.45) is 11.8 Å². The zero-order valence-corrected chi connectivity index (χ0v) is 15.6. The molecule has 6 nitrogen and oxygen atoms in total. The van der Waals surface area contributed by atoms with E-state index in [2.05, 4.69) is 10.6 Å². The fourth-order valence-electron chi connectivity index (χ4n) is 2.16. The molecule has 0 aromatic carbocycles. The van der Waals surface area contributed by atoms with Crippen LogP contribution in [0.25, 0.3) is 0 Å². The topological polar surface area (TPSA) is 87.7 Å². The summed E-state index contributed by atoms with van der Waals surface area (Å²) in [5.74, 6) is -0.632. The van der Waals surface area contributed by atoms with Gasteiger partial charge in [0.25, 0.3) is 0 Å². The van der Waals surface area contributed by atoms with Gasteiger partial charge in [0.15, 0.2) is 0 Å². The zero-order valence-electron chi connectivity index (χ0n) is 15.6. The molecule has 0 heterocycles. The highest BCUT2D eigenvalue weighted by atomic mass is 16.6. The molecule has 3 N–H and O–H groups in total. The number of alkyl carbamates (subject to hydrolysis) is 1. The highest BCUT2D eigenvalue weighted by Gasteiger charge is 2.27. The first-order valence-corrected chi connectivity index (χ1v) is 8.47. The molecule has 2 unspecified atom stereocenters. The molecule has 0 bridgehead atoms. The fraction of sp³-hybridized carbons (Fsp3) is 0.882. The molecule has 0 spiro atoms. The molecule has 6 heteroatoms. The maximum atomic E-state index is 12.0. The van der Waals surface area contributed by atoms with Gasteiger partial charge in [-0.3, -0.25) is 4.79 Å². The molecular formula is C17H34N2O4. The van der Waals surface area contributed by atoms with Crippen molar-refractivity contribution in [1.29, 1.82) is 0 Å². The Balaban J connectivity index is 4.79. The van der Waals surface area contributed by atoms with E-state index in [0.29, 0.717) is 6.54 Å². The summed E-state index contributed by atoms with van der Waals surface area (Å²) >= 11 is 0. The van der Waals surface area contributed by atoms with E-state index in [1.54, 1.807) is 0 Å². The van der Waals surface area contributed by atoms with E-state index in [1.807, 2.05) is 48.5 Å². The van der Waals surface area contributed by atoms with Crippen molar-refractivity contribution in [2.75, 3.05) is 6.54 Å². The average Bonchev–Trinajstić information content (AvgIpc) is 2.42. The van der Waals surface area contributed by atoms with Gasteiger partial charge in [-0.2, -0.15) is 0 Å². The number of amides is 1. The number of carbonyl (C=O) groups is 2. The van der Waals surface area contributed by atoms with Crippen LogP contribution in [0.3, 0.4) is 0 Å². The number of carbonyl (C=O) groups excluding carboxylic acids is 1. The summed E-state index contributed by atoms with van der Waals surface area (Å²) in [4.78, 5) is 23.4. The van der Waals surface area contributed by atoms with Gasteiger partial charge < -0.3 is 20.5 Å². The van der Waals surface area contributed by atoms with Crippen molar-refractivity contribution in [2.45, 2.75) is 79.0 Å². The summed E-state index contributed by atoms with van der Waals surface area (Å²) < 4.78 is 5.29. The molecular weight excluding hydrogens is 296 g/mol. The predicted octanol–water partition coefficient (Wildman–Crippen LogP) is 3.01. The Labute approximate surface area is 140 Å². The number of nitrogens with one attached hydrogen (secondary N) is 2. The Hall–Kier alpha value is -1.30. The lowest BCUT2D eigenvalue weighted by molar-refractivity contribution is -0.140. The maximum absolute atomic E-state index is 12.0. The molecule has 0 radical (unpaired) electrons. The number of hydrogen-bond acceptors (Lipinski definition) is 4. The van der Waals surface area contributed by atoms with Crippen LogP contribution in [0.15, 0.2) is 0 Å². The Bertz CT molecular complexity index is 379. The van der Waals surface area contributed by atoms with Crippen LogP contribution < -0.4 is 10.6 Å². The first kappa shape index (κ1) is 21.7. The fourth-order valence-corrected chi connectivity index (χ4v) is 2.16. The summed E-state index contributed by atoms with van der Waals surface area (Å²) in [7, 11) is 0. The van der Waals surface area contributed by atoms with Gasteiger partial charge >= 0.3 is 12.1 Å².